The summed E-state index contributed by atoms with van der Waals surface area (Å²) in [7, 11) is 0. The summed E-state index contributed by atoms with van der Waals surface area (Å²) in [5.41, 5.74) is -0.490. The number of aromatic nitrogens is 3. The Morgan fingerprint density at radius 3 is 2.53 bits per heavy atom. The Hall–Kier alpha value is -3.34. The number of nitrogens with zero attached hydrogens (tertiary/aromatic N) is 3. The normalized spacial score (nSPS) is 13.7. The molecule has 0 aliphatic heterocycles. The number of pyridine rings is 1. The molecule has 0 aliphatic carbocycles. The van der Waals surface area contributed by atoms with E-state index in [2.05, 4.69) is 20.4 Å². The summed E-state index contributed by atoms with van der Waals surface area (Å²) in [4.78, 5) is 20.5. The number of hydrogen-bond acceptors (Lipinski definition) is 6. The second kappa shape index (κ2) is 8.19. The van der Waals surface area contributed by atoms with Crippen LogP contribution in [0.15, 0.2) is 41.1 Å². The number of carbonyl (C=O) groups is 1. The van der Waals surface area contributed by atoms with Crippen molar-refractivity contribution in [2.24, 2.45) is 0 Å². The number of halogens is 4. The SMILES string of the molecule is Cc1nc([C@@H](C)NC(=O)c2cc(-c3ccc(F)cn3)cc(C(O)C(F)(F)F)c2)no1. The zero-order valence-electron chi connectivity index (χ0n) is 15.7. The number of carbonyl (C=O) groups excluding carboxylic acids is 1. The van der Waals surface area contributed by atoms with Crippen LogP contribution < -0.4 is 5.32 Å². The molecule has 158 valence electrons. The molecule has 30 heavy (non-hydrogen) atoms. The molecule has 2 aromatic heterocycles. The fourth-order valence-electron chi connectivity index (χ4n) is 2.66. The molecule has 11 heteroatoms. The lowest BCUT2D eigenvalue weighted by molar-refractivity contribution is -0.206. The highest BCUT2D eigenvalue weighted by Gasteiger charge is 2.40. The third-order valence-corrected chi connectivity index (χ3v) is 4.14. The largest absolute Gasteiger partial charge is 0.418 e. The maximum absolute atomic E-state index is 13.1. The van der Waals surface area contributed by atoms with Crippen molar-refractivity contribution in [1.29, 1.82) is 0 Å². The number of amides is 1. The summed E-state index contributed by atoms with van der Waals surface area (Å²) >= 11 is 0. The van der Waals surface area contributed by atoms with Gasteiger partial charge in [-0.2, -0.15) is 18.2 Å². The van der Waals surface area contributed by atoms with Crippen molar-refractivity contribution in [2.45, 2.75) is 32.2 Å². The molecule has 1 aromatic carbocycles. The van der Waals surface area contributed by atoms with Gasteiger partial charge in [0.2, 0.25) is 5.89 Å². The maximum Gasteiger partial charge on any atom is 0.418 e. The highest BCUT2D eigenvalue weighted by atomic mass is 19.4. The lowest BCUT2D eigenvalue weighted by Gasteiger charge is -2.18. The number of aliphatic hydroxyl groups is 1. The van der Waals surface area contributed by atoms with E-state index in [0.29, 0.717) is 0 Å². The Morgan fingerprint density at radius 1 is 1.23 bits per heavy atom. The minimum Gasteiger partial charge on any atom is -0.379 e. The van der Waals surface area contributed by atoms with E-state index in [1.807, 2.05) is 0 Å². The van der Waals surface area contributed by atoms with E-state index in [1.54, 1.807) is 13.8 Å². The molecule has 7 nitrogen and oxygen atoms in total. The van der Waals surface area contributed by atoms with Gasteiger partial charge in [0, 0.05) is 18.1 Å². The fourth-order valence-corrected chi connectivity index (χ4v) is 2.66. The quantitative estimate of drug-likeness (QED) is 0.606. The summed E-state index contributed by atoms with van der Waals surface area (Å²) in [6.07, 6.45) is -6.87. The van der Waals surface area contributed by atoms with Crippen LogP contribution in [0.2, 0.25) is 0 Å². The van der Waals surface area contributed by atoms with E-state index in [9.17, 15) is 27.5 Å². The number of rotatable bonds is 5. The van der Waals surface area contributed by atoms with Crippen molar-refractivity contribution in [2.75, 3.05) is 0 Å². The monoisotopic (exact) mass is 424 g/mol. The number of aliphatic hydroxyl groups excluding tert-OH is 1. The lowest BCUT2D eigenvalue weighted by Crippen LogP contribution is -2.28. The van der Waals surface area contributed by atoms with Crippen molar-refractivity contribution in [3.8, 4) is 11.3 Å². The minimum atomic E-state index is -4.95. The number of hydrogen-bond donors (Lipinski definition) is 2. The molecule has 1 unspecified atom stereocenters. The molecule has 1 amide bonds. The van der Waals surface area contributed by atoms with Gasteiger partial charge in [-0.25, -0.2) is 4.39 Å². The molecule has 0 saturated carbocycles. The minimum absolute atomic E-state index is 0.101. The van der Waals surface area contributed by atoms with Crippen LogP contribution in [0.4, 0.5) is 17.6 Å². The molecule has 0 spiro atoms. The van der Waals surface area contributed by atoms with Gasteiger partial charge in [-0.15, -0.1) is 0 Å². The smallest absolute Gasteiger partial charge is 0.379 e. The second-order valence-electron chi connectivity index (χ2n) is 6.52. The second-order valence-corrected chi connectivity index (χ2v) is 6.52. The van der Waals surface area contributed by atoms with Crippen LogP contribution in [0.1, 0.15) is 46.7 Å². The molecule has 0 radical (unpaired) electrons. The lowest BCUT2D eigenvalue weighted by atomic mass is 9.99. The van der Waals surface area contributed by atoms with Crippen LogP contribution in [0, 0.1) is 12.7 Å². The van der Waals surface area contributed by atoms with E-state index in [1.165, 1.54) is 12.1 Å². The van der Waals surface area contributed by atoms with Gasteiger partial charge in [-0.3, -0.25) is 9.78 Å². The molecule has 3 rings (SSSR count). The van der Waals surface area contributed by atoms with Crippen LogP contribution >= 0.6 is 0 Å². The highest BCUT2D eigenvalue weighted by Crippen LogP contribution is 2.35. The third-order valence-electron chi connectivity index (χ3n) is 4.14. The molecular weight excluding hydrogens is 408 g/mol. The van der Waals surface area contributed by atoms with Crippen LogP contribution in [-0.2, 0) is 0 Å². The van der Waals surface area contributed by atoms with Crippen molar-refractivity contribution < 1.29 is 32.0 Å². The third kappa shape index (κ3) is 4.79. The Labute approximate surface area is 167 Å². The number of benzene rings is 1. The van der Waals surface area contributed by atoms with Crippen molar-refractivity contribution in [3.63, 3.8) is 0 Å². The van der Waals surface area contributed by atoms with Gasteiger partial charge in [0.25, 0.3) is 5.91 Å². The average Bonchev–Trinajstić information content (AvgIpc) is 3.13. The maximum atomic E-state index is 13.1. The zero-order chi connectivity index (χ0) is 22.1. The average molecular weight is 424 g/mol. The van der Waals surface area contributed by atoms with Gasteiger partial charge in [-0.05, 0) is 42.8 Å². The van der Waals surface area contributed by atoms with E-state index < -0.39 is 35.6 Å². The Balaban J connectivity index is 1.98. The number of nitrogens with one attached hydrogen (secondary N) is 1. The van der Waals surface area contributed by atoms with Crippen molar-refractivity contribution in [1.82, 2.24) is 20.4 Å². The predicted molar refractivity (Wildman–Crippen MR) is 95.6 cm³/mol. The first-order valence-corrected chi connectivity index (χ1v) is 8.67. The molecule has 2 heterocycles. The fraction of sp³-hybridized carbons (Fsp3) is 0.263. The summed E-state index contributed by atoms with van der Waals surface area (Å²) in [5, 5.41) is 15.9. The van der Waals surface area contributed by atoms with E-state index in [0.717, 1.165) is 24.4 Å². The molecule has 0 saturated heterocycles. The first-order valence-electron chi connectivity index (χ1n) is 8.67. The Morgan fingerprint density at radius 2 is 1.97 bits per heavy atom. The molecule has 0 aliphatic rings. The number of aryl methyl sites for hydroxylation is 1. The predicted octanol–water partition coefficient (Wildman–Crippen LogP) is 3.67. The van der Waals surface area contributed by atoms with Gasteiger partial charge in [0.1, 0.15) is 5.82 Å². The molecule has 2 N–H and O–H groups in total. The molecule has 2 atom stereocenters. The van der Waals surface area contributed by atoms with Gasteiger partial charge < -0.3 is 14.9 Å². The first-order chi connectivity index (χ1) is 14.0. The van der Waals surface area contributed by atoms with Crippen LogP contribution in [0.25, 0.3) is 11.3 Å². The summed E-state index contributed by atoms with van der Waals surface area (Å²) < 4.78 is 57.1. The summed E-state index contributed by atoms with van der Waals surface area (Å²) in [6, 6.07) is 4.89. The van der Waals surface area contributed by atoms with E-state index >= 15 is 0 Å². The van der Waals surface area contributed by atoms with Crippen molar-refractivity contribution in [3.05, 3.63) is 65.2 Å². The van der Waals surface area contributed by atoms with Gasteiger partial charge >= 0.3 is 6.18 Å². The molecule has 0 bridgehead atoms. The van der Waals surface area contributed by atoms with E-state index in [-0.39, 0.29) is 28.5 Å². The highest BCUT2D eigenvalue weighted by molar-refractivity contribution is 5.95. The van der Waals surface area contributed by atoms with Gasteiger partial charge in [-0.1, -0.05) is 5.16 Å². The molecular formula is C19H16F4N4O3. The van der Waals surface area contributed by atoms with Gasteiger partial charge in [0.15, 0.2) is 11.9 Å². The Kier molecular flexibility index (Phi) is 5.83. The summed E-state index contributed by atoms with van der Waals surface area (Å²) in [6.45, 7) is 3.13. The standard InChI is InChI=1S/C19H16F4N4O3/c1-9(17-26-10(2)30-27-17)25-18(29)13-6-11(15-4-3-14(20)8-24-15)5-12(7-13)16(28)19(21,22)23/h3-9,16,28H,1-2H3,(H,25,29)/t9-,16?/m1/s1. The Bertz CT molecular complexity index is 1050. The molecule has 3 aromatic rings. The number of alkyl halides is 3. The van der Waals surface area contributed by atoms with Crippen LogP contribution in [0.5, 0.6) is 0 Å². The van der Waals surface area contributed by atoms with Crippen LogP contribution in [-0.4, -0.2) is 32.3 Å². The van der Waals surface area contributed by atoms with Gasteiger partial charge in [0.05, 0.1) is 17.9 Å². The van der Waals surface area contributed by atoms with E-state index in [4.69, 9.17) is 4.52 Å². The topological polar surface area (TPSA) is 101 Å². The van der Waals surface area contributed by atoms with Crippen molar-refractivity contribution >= 4 is 5.91 Å². The van der Waals surface area contributed by atoms with Crippen LogP contribution in [0.3, 0.4) is 0 Å². The zero-order valence-corrected chi connectivity index (χ0v) is 15.7. The molecule has 0 fully saturated rings. The first kappa shape index (κ1) is 21.4. The summed E-state index contributed by atoms with van der Waals surface area (Å²) in [5.74, 6) is -0.893.